The highest BCUT2D eigenvalue weighted by molar-refractivity contribution is 6.30. The lowest BCUT2D eigenvalue weighted by atomic mass is 10.1. The maximum Gasteiger partial charge on any atom is 0.314 e. The van der Waals surface area contributed by atoms with Gasteiger partial charge in [0.15, 0.2) is 0 Å². The molecule has 2 aromatic rings. The summed E-state index contributed by atoms with van der Waals surface area (Å²) in [6.07, 6.45) is 0.743. The van der Waals surface area contributed by atoms with Gasteiger partial charge in [-0.15, -0.1) is 0 Å². The van der Waals surface area contributed by atoms with Gasteiger partial charge in [0, 0.05) is 11.6 Å². The fourth-order valence-electron chi connectivity index (χ4n) is 2.36. The molecule has 0 radical (unpaired) electrons. The van der Waals surface area contributed by atoms with Crippen molar-refractivity contribution in [1.29, 1.82) is 0 Å². The van der Waals surface area contributed by atoms with E-state index in [0.717, 1.165) is 23.3 Å². The summed E-state index contributed by atoms with van der Waals surface area (Å²) in [4.78, 5) is 11.7. The molecule has 0 saturated carbocycles. The quantitative estimate of drug-likeness (QED) is 0.747. The van der Waals surface area contributed by atoms with Crippen LogP contribution < -0.4 is 15.4 Å². The van der Waals surface area contributed by atoms with Crippen molar-refractivity contribution in [3.05, 3.63) is 64.2 Å². The molecule has 0 heterocycles. The van der Waals surface area contributed by atoms with Gasteiger partial charge in [-0.2, -0.15) is 0 Å². The summed E-state index contributed by atoms with van der Waals surface area (Å²) in [5.41, 5.74) is 3.40. The van der Waals surface area contributed by atoms with E-state index in [4.69, 9.17) is 16.3 Å². The molecule has 0 aromatic heterocycles. The Balaban J connectivity index is 1.61. The Bertz CT molecular complexity index is 689. The third-order valence-electron chi connectivity index (χ3n) is 3.56. The van der Waals surface area contributed by atoms with Crippen LogP contribution in [0.25, 0.3) is 0 Å². The Morgan fingerprint density at radius 3 is 2.62 bits per heavy atom. The van der Waals surface area contributed by atoms with Gasteiger partial charge in [0.2, 0.25) is 0 Å². The lowest BCUT2D eigenvalue weighted by Gasteiger charge is -2.11. The predicted molar refractivity (Wildman–Crippen MR) is 98.0 cm³/mol. The number of amides is 2. The molecule has 0 bridgehead atoms. The van der Waals surface area contributed by atoms with Gasteiger partial charge in [-0.25, -0.2) is 4.79 Å². The van der Waals surface area contributed by atoms with E-state index in [1.165, 1.54) is 5.56 Å². The normalized spacial score (nSPS) is 10.3. The number of ether oxygens (including phenoxy) is 1. The van der Waals surface area contributed by atoms with Crippen LogP contribution in [0.15, 0.2) is 42.5 Å². The summed E-state index contributed by atoms with van der Waals surface area (Å²) in [5.74, 6) is 0.851. The molecule has 5 heteroatoms. The van der Waals surface area contributed by atoms with E-state index in [-0.39, 0.29) is 6.03 Å². The van der Waals surface area contributed by atoms with Crippen LogP contribution in [0.4, 0.5) is 4.79 Å². The van der Waals surface area contributed by atoms with Crippen molar-refractivity contribution in [1.82, 2.24) is 10.6 Å². The minimum Gasteiger partial charge on any atom is -0.491 e. The van der Waals surface area contributed by atoms with Crippen molar-refractivity contribution in [3.8, 4) is 5.75 Å². The number of nitrogens with one attached hydrogen (secondary N) is 2. The predicted octanol–water partition coefficient (Wildman–Crippen LogP) is 3.88. The largest absolute Gasteiger partial charge is 0.491 e. The molecular formula is C19H23ClN2O2. The summed E-state index contributed by atoms with van der Waals surface area (Å²) in [6, 6.07) is 13.5. The van der Waals surface area contributed by atoms with Crippen LogP contribution in [-0.4, -0.2) is 25.7 Å². The second-order valence-corrected chi connectivity index (χ2v) is 6.12. The smallest absolute Gasteiger partial charge is 0.314 e. The molecular weight excluding hydrogens is 324 g/mol. The minimum absolute atomic E-state index is 0.193. The fourth-order valence-corrected chi connectivity index (χ4v) is 2.58. The zero-order valence-corrected chi connectivity index (χ0v) is 14.8. The number of carbonyl (C=O) groups excluding carboxylic acids is 1. The average Bonchev–Trinajstić information content (AvgIpc) is 2.53. The van der Waals surface area contributed by atoms with Gasteiger partial charge in [0.05, 0.1) is 6.54 Å². The number of aryl methyl sites for hydroxylation is 2. The van der Waals surface area contributed by atoms with E-state index in [1.807, 2.05) is 50.2 Å². The van der Waals surface area contributed by atoms with Crippen molar-refractivity contribution in [2.24, 2.45) is 0 Å². The first-order chi connectivity index (χ1) is 11.5. The first kappa shape index (κ1) is 18.1. The maximum absolute atomic E-state index is 11.7. The van der Waals surface area contributed by atoms with Crippen LogP contribution in [0.1, 0.15) is 16.7 Å². The van der Waals surface area contributed by atoms with E-state index in [1.54, 1.807) is 0 Å². The molecule has 0 saturated heterocycles. The first-order valence-corrected chi connectivity index (χ1v) is 8.38. The van der Waals surface area contributed by atoms with Gasteiger partial charge in [-0.05, 0) is 49.6 Å². The monoisotopic (exact) mass is 346 g/mol. The van der Waals surface area contributed by atoms with Crippen molar-refractivity contribution < 1.29 is 9.53 Å². The molecule has 0 aliphatic rings. The summed E-state index contributed by atoms with van der Waals surface area (Å²) < 4.78 is 5.67. The summed E-state index contributed by atoms with van der Waals surface area (Å²) >= 11 is 5.93. The second kappa shape index (κ2) is 9.18. The van der Waals surface area contributed by atoms with Crippen molar-refractivity contribution in [2.45, 2.75) is 20.3 Å². The third kappa shape index (κ3) is 6.13. The Morgan fingerprint density at radius 2 is 1.88 bits per heavy atom. The lowest BCUT2D eigenvalue weighted by molar-refractivity contribution is 0.236. The Morgan fingerprint density at radius 1 is 1.08 bits per heavy atom. The van der Waals surface area contributed by atoms with Gasteiger partial charge in [-0.3, -0.25) is 0 Å². The van der Waals surface area contributed by atoms with Crippen LogP contribution in [0, 0.1) is 13.8 Å². The Kier molecular flexibility index (Phi) is 6.94. The average molecular weight is 347 g/mol. The molecule has 2 amide bonds. The molecule has 0 aliphatic carbocycles. The molecule has 0 spiro atoms. The number of hydrogen-bond donors (Lipinski definition) is 2. The Labute approximate surface area is 148 Å². The van der Waals surface area contributed by atoms with Crippen LogP contribution in [0.5, 0.6) is 5.75 Å². The zero-order chi connectivity index (χ0) is 17.4. The number of urea groups is 1. The SMILES string of the molecule is Cc1ccc(OCCNC(=O)NCCc2cccc(Cl)c2)c(C)c1. The van der Waals surface area contributed by atoms with Gasteiger partial charge >= 0.3 is 6.03 Å². The van der Waals surface area contributed by atoms with E-state index in [2.05, 4.69) is 16.7 Å². The van der Waals surface area contributed by atoms with Crippen LogP contribution in [0.3, 0.4) is 0 Å². The molecule has 0 aliphatic heterocycles. The van der Waals surface area contributed by atoms with Gasteiger partial charge in [-0.1, -0.05) is 41.4 Å². The molecule has 24 heavy (non-hydrogen) atoms. The fraction of sp³-hybridized carbons (Fsp3) is 0.316. The maximum atomic E-state index is 11.7. The highest BCUT2D eigenvalue weighted by atomic mass is 35.5. The second-order valence-electron chi connectivity index (χ2n) is 5.68. The Hall–Kier alpha value is -2.20. The molecule has 4 nitrogen and oxygen atoms in total. The summed E-state index contributed by atoms with van der Waals surface area (Å²) in [5, 5.41) is 6.31. The molecule has 0 fully saturated rings. The molecule has 0 unspecified atom stereocenters. The van der Waals surface area contributed by atoms with Crippen LogP contribution >= 0.6 is 11.6 Å². The summed E-state index contributed by atoms with van der Waals surface area (Å²) in [6.45, 7) is 5.51. The van der Waals surface area contributed by atoms with E-state index < -0.39 is 0 Å². The summed E-state index contributed by atoms with van der Waals surface area (Å²) in [7, 11) is 0. The van der Waals surface area contributed by atoms with Crippen LogP contribution in [0.2, 0.25) is 5.02 Å². The van der Waals surface area contributed by atoms with Crippen LogP contribution in [-0.2, 0) is 6.42 Å². The highest BCUT2D eigenvalue weighted by Crippen LogP contribution is 2.18. The molecule has 2 aromatic carbocycles. The van der Waals surface area contributed by atoms with Gasteiger partial charge in [0.25, 0.3) is 0 Å². The molecule has 2 rings (SSSR count). The standard InChI is InChI=1S/C19H23ClN2O2/c1-14-6-7-18(15(2)12-14)24-11-10-22-19(23)21-9-8-16-4-3-5-17(20)13-16/h3-7,12-13H,8-11H2,1-2H3,(H2,21,22,23). The minimum atomic E-state index is -0.193. The number of rotatable bonds is 7. The van der Waals surface area contributed by atoms with E-state index in [9.17, 15) is 4.79 Å². The van der Waals surface area contributed by atoms with Crippen molar-refractivity contribution >= 4 is 17.6 Å². The number of hydrogen-bond acceptors (Lipinski definition) is 2. The zero-order valence-electron chi connectivity index (χ0n) is 14.1. The van der Waals surface area contributed by atoms with E-state index in [0.29, 0.717) is 24.7 Å². The van der Waals surface area contributed by atoms with E-state index >= 15 is 0 Å². The first-order valence-electron chi connectivity index (χ1n) is 8.01. The molecule has 0 atom stereocenters. The number of benzene rings is 2. The lowest BCUT2D eigenvalue weighted by Crippen LogP contribution is -2.38. The van der Waals surface area contributed by atoms with Gasteiger partial charge in [0.1, 0.15) is 12.4 Å². The van der Waals surface area contributed by atoms with Gasteiger partial charge < -0.3 is 15.4 Å². The van der Waals surface area contributed by atoms with Crippen molar-refractivity contribution in [3.63, 3.8) is 0 Å². The third-order valence-corrected chi connectivity index (χ3v) is 3.80. The number of halogens is 1. The number of carbonyl (C=O) groups is 1. The molecule has 128 valence electrons. The topological polar surface area (TPSA) is 50.4 Å². The van der Waals surface area contributed by atoms with Crippen molar-refractivity contribution in [2.75, 3.05) is 19.7 Å². The highest BCUT2D eigenvalue weighted by Gasteiger charge is 2.02. The molecule has 2 N–H and O–H groups in total.